The summed E-state index contributed by atoms with van der Waals surface area (Å²) in [5.41, 5.74) is 5.31. The van der Waals surface area contributed by atoms with E-state index in [0.29, 0.717) is 5.41 Å². The second-order valence-electron chi connectivity index (χ2n) is 8.57. The summed E-state index contributed by atoms with van der Waals surface area (Å²) in [6.07, 6.45) is 21.5. The first-order valence-corrected chi connectivity index (χ1v) is 10.2. The van der Waals surface area contributed by atoms with Gasteiger partial charge in [-0.05, 0) is 87.0 Å². The van der Waals surface area contributed by atoms with E-state index in [1.807, 2.05) is 0 Å². The zero-order valence-corrected chi connectivity index (χ0v) is 15.5. The summed E-state index contributed by atoms with van der Waals surface area (Å²) in [5.74, 6) is 1.85. The van der Waals surface area contributed by atoms with Crippen molar-refractivity contribution in [2.45, 2.75) is 90.9 Å². The Morgan fingerprint density at radius 1 is 1.09 bits per heavy atom. The van der Waals surface area contributed by atoms with Gasteiger partial charge in [0.2, 0.25) is 0 Å². The van der Waals surface area contributed by atoms with E-state index in [2.05, 4.69) is 32.6 Å². The number of unbranched alkanes of at least 4 members (excludes halogenated alkanes) is 1. The molecule has 3 saturated carbocycles. The van der Waals surface area contributed by atoms with Gasteiger partial charge in [-0.15, -0.1) is 0 Å². The van der Waals surface area contributed by atoms with Crippen LogP contribution in [0.4, 0.5) is 0 Å². The standard InChI is InChI=1S/C23H36/c1-4-5-12-21-15-16-22-20(11-8-17-23(21,22)3)14-13-19-10-7-6-9-18(19)2/h13-14,21-22H,2,4-12,15-17H2,1,3H3/b19-13-,20-14+. The van der Waals surface area contributed by atoms with Crippen molar-refractivity contribution < 1.29 is 0 Å². The highest BCUT2D eigenvalue weighted by Crippen LogP contribution is 2.58. The summed E-state index contributed by atoms with van der Waals surface area (Å²) in [4.78, 5) is 0. The lowest BCUT2D eigenvalue weighted by Crippen LogP contribution is -2.33. The van der Waals surface area contributed by atoms with Crippen LogP contribution in [-0.2, 0) is 0 Å². The van der Waals surface area contributed by atoms with Gasteiger partial charge in [0.1, 0.15) is 0 Å². The van der Waals surface area contributed by atoms with E-state index in [1.54, 1.807) is 5.57 Å². The molecule has 0 bridgehead atoms. The summed E-state index contributed by atoms with van der Waals surface area (Å²) >= 11 is 0. The van der Waals surface area contributed by atoms with Crippen LogP contribution in [0, 0.1) is 17.3 Å². The topological polar surface area (TPSA) is 0 Å². The molecule has 128 valence electrons. The van der Waals surface area contributed by atoms with Crippen molar-refractivity contribution in [1.82, 2.24) is 0 Å². The molecule has 0 aliphatic heterocycles. The molecule has 3 aliphatic carbocycles. The van der Waals surface area contributed by atoms with Gasteiger partial charge in [0, 0.05) is 0 Å². The fourth-order valence-corrected chi connectivity index (χ4v) is 5.67. The number of allylic oxidation sites excluding steroid dienone is 5. The number of hydrogen-bond donors (Lipinski definition) is 0. The zero-order chi connectivity index (χ0) is 16.3. The lowest BCUT2D eigenvalue weighted by atomic mass is 9.62. The maximum atomic E-state index is 4.29. The predicted molar refractivity (Wildman–Crippen MR) is 101 cm³/mol. The zero-order valence-electron chi connectivity index (χ0n) is 15.5. The molecule has 3 rings (SSSR count). The van der Waals surface area contributed by atoms with Gasteiger partial charge in [-0.2, -0.15) is 0 Å². The number of hydrogen-bond acceptors (Lipinski definition) is 0. The van der Waals surface area contributed by atoms with Crippen LogP contribution in [0.5, 0.6) is 0 Å². The Labute approximate surface area is 144 Å². The lowest BCUT2D eigenvalue weighted by molar-refractivity contribution is 0.127. The molecule has 0 aromatic rings. The van der Waals surface area contributed by atoms with Gasteiger partial charge in [-0.1, -0.05) is 56.6 Å². The fourth-order valence-electron chi connectivity index (χ4n) is 5.67. The third-order valence-corrected chi connectivity index (χ3v) is 7.19. The minimum atomic E-state index is 0.599. The Hall–Kier alpha value is -0.780. The van der Waals surface area contributed by atoms with Crippen molar-refractivity contribution in [3.63, 3.8) is 0 Å². The molecule has 0 spiro atoms. The van der Waals surface area contributed by atoms with Crippen LogP contribution >= 0.6 is 0 Å². The highest BCUT2D eigenvalue weighted by Gasteiger charge is 2.48. The van der Waals surface area contributed by atoms with Crippen molar-refractivity contribution >= 4 is 0 Å². The molecule has 0 N–H and O–H groups in total. The molecule has 3 unspecified atom stereocenters. The van der Waals surface area contributed by atoms with E-state index in [-0.39, 0.29) is 0 Å². The van der Waals surface area contributed by atoms with Crippen molar-refractivity contribution in [2.75, 3.05) is 0 Å². The van der Waals surface area contributed by atoms with Gasteiger partial charge in [0.15, 0.2) is 0 Å². The minimum Gasteiger partial charge on any atom is -0.0956 e. The predicted octanol–water partition coefficient (Wildman–Crippen LogP) is 7.38. The van der Waals surface area contributed by atoms with Crippen molar-refractivity contribution in [3.05, 3.63) is 35.5 Å². The first kappa shape index (κ1) is 17.1. The number of rotatable bonds is 4. The van der Waals surface area contributed by atoms with E-state index >= 15 is 0 Å². The molecular formula is C23H36. The molecule has 3 aliphatic rings. The maximum Gasteiger partial charge on any atom is -0.0143 e. The van der Waals surface area contributed by atoms with Crippen LogP contribution in [0.2, 0.25) is 0 Å². The Morgan fingerprint density at radius 2 is 1.91 bits per heavy atom. The third kappa shape index (κ3) is 3.52. The minimum absolute atomic E-state index is 0.599. The van der Waals surface area contributed by atoms with E-state index in [4.69, 9.17) is 0 Å². The third-order valence-electron chi connectivity index (χ3n) is 7.19. The average Bonchev–Trinajstić information content (AvgIpc) is 2.89. The first-order chi connectivity index (χ1) is 11.1. The number of fused-ring (bicyclic) bond motifs is 1. The smallest absolute Gasteiger partial charge is 0.0143 e. The van der Waals surface area contributed by atoms with Gasteiger partial charge in [0.05, 0.1) is 0 Å². The van der Waals surface area contributed by atoms with Gasteiger partial charge in [0.25, 0.3) is 0 Å². The Morgan fingerprint density at radius 3 is 2.70 bits per heavy atom. The molecule has 0 amide bonds. The summed E-state index contributed by atoms with van der Waals surface area (Å²) in [6.45, 7) is 9.24. The monoisotopic (exact) mass is 312 g/mol. The first-order valence-electron chi connectivity index (χ1n) is 10.2. The molecule has 0 saturated heterocycles. The largest absolute Gasteiger partial charge is 0.0956 e. The van der Waals surface area contributed by atoms with Gasteiger partial charge in [-0.25, -0.2) is 0 Å². The Kier molecular flexibility index (Phi) is 5.49. The highest BCUT2D eigenvalue weighted by atomic mass is 14.5. The van der Waals surface area contributed by atoms with Crippen molar-refractivity contribution in [3.8, 4) is 0 Å². The normalized spacial score (nSPS) is 38.3. The van der Waals surface area contributed by atoms with Crippen LogP contribution in [0.3, 0.4) is 0 Å². The second-order valence-corrected chi connectivity index (χ2v) is 8.57. The molecule has 23 heavy (non-hydrogen) atoms. The van der Waals surface area contributed by atoms with Gasteiger partial charge < -0.3 is 0 Å². The molecule has 0 radical (unpaired) electrons. The van der Waals surface area contributed by atoms with Crippen molar-refractivity contribution in [1.29, 1.82) is 0 Å². The average molecular weight is 313 g/mol. The van der Waals surface area contributed by atoms with Crippen LogP contribution in [0.25, 0.3) is 0 Å². The summed E-state index contributed by atoms with van der Waals surface area (Å²) < 4.78 is 0. The van der Waals surface area contributed by atoms with Crippen LogP contribution in [0.15, 0.2) is 35.5 Å². The Bertz CT molecular complexity index is 492. The lowest BCUT2D eigenvalue weighted by Gasteiger charge is -2.42. The molecular weight excluding hydrogens is 276 g/mol. The second kappa shape index (κ2) is 7.41. The molecule has 0 heterocycles. The van der Waals surface area contributed by atoms with E-state index in [0.717, 1.165) is 11.8 Å². The molecule has 0 aromatic heterocycles. The molecule has 0 aromatic carbocycles. The molecule has 0 nitrogen and oxygen atoms in total. The Balaban J connectivity index is 1.75. The van der Waals surface area contributed by atoms with Crippen molar-refractivity contribution in [2.24, 2.45) is 17.3 Å². The quantitative estimate of drug-likeness (QED) is 0.508. The van der Waals surface area contributed by atoms with Crippen LogP contribution in [0.1, 0.15) is 90.9 Å². The van der Waals surface area contributed by atoms with E-state index < -0.39 is 0 Å². The molecule has 3 atom stereocenters. The summed E-state index contributed by atoms with van der Waals surface area (Å²) in [7, 11) is 0. The maximum absolute atomic E-state index is 4.29. The molecule has 3 fully saturated rings. The van der Waals surface area contributed by atoms with Crippen LogP contribution < -0.4 is 0 Å². The van der Waals surface area contributed by atoms with Gasteiger partial charge in [-0.3, -0.25) is 0 Å². The van der Waals surface area contributed by atoms with Crippen LogP contribution in [-0.4, -0.2) is 0 Å². The summed E-state index contributed by atoms with van der Waals surface area (Å²) in [6, 6.07) is 0. The summed E-state index contributed by atoms with van der Waals surface area (Å²) in [5, 5.41) is 0. The SMILES string of the molecule is C=C1CCCC/C1=C/C=C1\CCCC2(C)C(CCCC)CCC12. The highest BCUT2D eigenvalue weighted by molar-refractivity contribution is 5.35. The van der Waals surface area contributed by atoms with E-state index in [1.165, 1.54) is 88.2 Å². The molecule has 0 heteroatoms. The fraction of sp³-hybridized carbons (Fsp3) is 0.739. The van der Waals surface area contributed by atoms with E-state index in [9.17, 15) is 0 Å². The van der Waals surface area contributed by atoms with Gasteiger partial charge >= 0.3 is 0 Å².